The number of hydrogen-bond acceptors (Lipinski definition) is 5. The first-order valence-corrected chi connectivity index (χ1v) is 10.7. The normalized spacial score (nSPS) is 18.9. The Kier molecular flexibility index (Phi) is 6.95. The molecule has 0 unspecified atom stereocenters. The summed E-state index contributed by atoms with van der Waals surface area (Å²) in [4.78, 5) is 13.3. The number of nitrogens with one attached hydrogen (secondary N) is 1. The van der Waals surface area contributed by atoms with E-state index in [1.54, 1.807) is 11.8 Å². The average Bonchev–Trinajstić information content (AvgIpc) is 2.78. The maximum atomic E-state index is 12.2. The minimum atomic E-state index is -0.552. The summed E-state index contributed by atoms with van der Waals surface area (Å²) in [6, 6.07) is 8.12. The molecule has 5 nitrogen and oxygen atoms in total. The molecule has 0 bridgehead atoms. The van der Waals surface area contributed by atoms with E-state index in [2.05, 4.69) is 11.4 Å². The van der Waals surface area contributed by atoms with Crippen molar-refractivity contribution >= 4 is 31.0 Å². The maximum absolute atomic E-state index is 12.2. The highest BCUT2D eigenvalue weighted by molar-refractivity contribution is 7.98. The maximum Gasteiger partial charge on any atom is 0.492 e. The molecule has 1 aromatic carbocycles. The molecule has 0 radical (unpaired) electrons. The lowest BCUT2D eigenvalue weighted by Gasteiger charge is -2.32. The third-order valence-corrected chi connectivity index (χ3v) is 5.68. The highest BCUT2D eigenvalue weighted by Gasteiger charge is 2.52. The van der Waals surface area contributed by atoms with E-state index in [0.717, 1.165) is 15.9 Å². The summed E-state index contributed by atoms with van der Waals surface area (Å²) >= 11 is 1.67. The smallest absolute Gasteiger partial charge is 0.444 e. The van der Waals surface area contributed by atoms with Gasteiger partial charge in [-0.2, -0.15) is 0 Å². The second-order valence-corrected chi connectivity index (χ2v) is 9.75. The van der Waals surface area contributed by atoms with Gasteiger partial charge in [0.05, 0.1) is 11.2 Å². The van der Waals surface area contributed by atoms with Crippen LogP contribution in [0.1, 0.15) is 54.0 Å². The predicted molar refractivity (Wildman–Crippen MR) is 117 cm³/mol. The number of thioether (sulfide) groups is 1. The summed E-state index contributed by atoms with van der Waals surface area (Å²) in [5, 5.41) is 2.83. The molecule has 1 aromatic rings. The number of hydrogen-bond donors (Lipinski definition) is 1. The Labute approximate surface area is 173 Å². The van der Waals surface area contributed by atoms with Crippen LogP contribution >= 0.6 is 11.8 Å². The van der Waals surface area contributed by atoms with Crippen molar-refractivity contribution in [3.63, 3.8) is 0 Å². The summed E-state index contributed by atoms with van der Waals surface area (Å²) in [5.41, 5.74) is 0.435. The fourth-order valence-electron chi connectivity index (χ4n) is 2.67. The highest BCUT2D eigenvalue weighted by Crippen LogP contribution is 2.39. The van der Waals surface area contributed by atoms with Crippen molar-refractivity contribution in [3.05, 3.63) is 35.3 Å². The molecule has 154 valence electrons. The number of alkyl carbamates (subject to hydrolysis) is 1. The number of carbonyl (C=O) groups is 1. The largest absolute Gasteiger partial charge is 0.492 e. The molecule has 1 aliphatic rings. The van der Waals surface area contributed by atoms with Crippen LogP contribution in [0.2, 0.25) is 0 Å². The van der Waals surface area contributed by atoms with E-state index in [0.29, 0.717) is 0 Å². The Bertz CT molecular complexity index is 724. The molecular formula is C21H32BNO4S. The SMILES string of the molecule is CSc1ccccc1C=C(CNC(=O)OC(C)(C)C)B1OC(C)(C)C(C)(C)O1. The van der Waals surface area contributed by atoms with Crippen molar-refractivity contribution in [2.24, 2.45) is 0 Å². The molecule has 0 aromatic heterocycles. The van der Waals surface area contributed by atoms with Crippen LogP contribution < -0.4 is 5.32 Å². The zero-order valence-corrected chi connectivity index (χ0v) is 19.0. The number of benzene rings is 1. The van der Waals surface area contributed by atoms with Gasteiger partial charge in [0.1, 0.15) is 5.60 Å². The molecule has 1 N–H and O–H groups in total. The Morgan fingerprint density at radius 2 is 1.75 bits per heavy atom. The number of carbonyl (C=O) groups excluding carboxylic acids is 1. The van der Waals surface area contributed by atoms with Crippen LogP contribution in [0.15, 0.2) is 34.6 Å². The average molecular weight is 405 g/mol. The van der Waals surface area contributed by atoms with Crippen molar-refractivity contribution < 1.29 is 18.8 Å². The molecule has 0 aliphatic carbocycles. The summed E-state index contributed by atoms with van der Waals surface area (Å²) in [6.07, 6.45) is 3.61. The number of rotatable bonds is 5. The molecule has 1 heterocycles. The topological polar surface area (TPSA) is 56.8 Å². The molecule has 0 spiro atoms. The fourth-order valence-corrected chi connectivity index (χ4v) is 3.25. The van der Waals surface area contributed by atoms with Gasteiger partial charge in [0.2, 0.25) is 0 Å². The second-order valence-electron chi connectivity index (χ2n) is 8.90. The van der Waals surface area contributed by atoms with Gasteiger partial charge < -0.3 is 19.4 Å². The van der Waals surface area contributed by atoms with Crippen LogP contribution in [-0.2, 0) is 14.0 Å². The first-order valence-electron chi connectivity index (χ1n) is 9.50. The van der Waals surface area contributed by atoms with Gasteiger partial charge in [-0.05, 0) is 71.8 Å². The second kappa shape index (κ2) is 8.51. The summed E-state index contributed by atoms with van der Waals surface area (Å²) in [7, 11) is -0.546. The molecule has 7 heteroatoms. The van der Waals surface area contributed by atoms with Crippen molar-refractivity contribution in [2.75, 3.05) is 12.8 Å². The minimum Gasteiger partial charge on any atom is -0.444 e. The first-order chi connectivity index (χ1) is 12.8. The lowest BCUT2D eigenvalue weighted by atomic mass is 9.77. The molecule has 2 rings (SSSR count). The van der Waals surface area contributed by atoms with E-state index < -0.39 is 30.0 Å². The molecule has 1 fully saturated rings. The van der Waals surface area contributed by atoms with Crippen LogP contribution in [0.3, 0.4) is 0 Å². The van der Waals surface area contributed by atoms with Crippen molar-refractivity contribution in [3.8, 4) is 0 Å². The molecule has 1 saturated heterocycles. The minimum absolute atomic E-state index is 0.272. The van der Waals surface area contributed by atoms with E-state index in [9.17, 15) is 4.79 Å². The molecule has 0 atom stereocenters. The first kappa shape index (κ1) is 22.8. The van der Waals surface area contributed by atoms with E-state index >= 15 is 0 Å². The van der Waals surface area contributed by atoms with Gasteiger partial charge in [-0.25, -0.2) is 4.79 Å². The van der Waals surface area contributed by atoms with Gasteiger partial charge >= 0.3 is 13.2 Å². The van der Waals surface area contributed by atoms with Gasteiger partial charge in [0, 0.05) is 11.4 Å². The zero-order valence-electron chi connectivity index (χ0n) is 18.2. The van der Waals surface area contributed by atoms with Crippen LogP contribution in [0, 0.1) is 0 Å². The Morgan fingerprint density at radius 3 is 2.29 bits per heavy atom. The number of ether oxygens (including phenoxy) is 1. The van der Waals surface area contributed by atoms with Gasteiger partial charge in [0.25, 0.3) is 0 Å². The van der Waals surface area contributed by atoms with Crippen molar-refractivity contribution in [2.45, 2.75) is 70.2 Å². The molecule has 1 aliphatic heterocycles. The molecule has 0 saturated carbocycles. The Hall–Kier alpha value is -1.44. The van der Waals surface area contributed by atoms with Gasteiger partial charge in [0.15, 0.2) is 0 Å². The van der Waals surface area contributed by atoms with Crippen molar-refractivity contribution in [1.29, 1.82) is 0 Å². The lowest BCUT2D eigenvalue weighted by molar-refractivity contribution is 0.00578. The van der Waals surface area contributed by atoms with E-state index in [1.165, 1.54) is 0 Å². The van der Waals surface area contributed by atoms with Crippen LogP contribution in [0.4, 0.5) is 4.79 Å². The van der Waals surface area contributed by atoms with E-state index in [4.69, 9.17) is 14.0 Å². The van der Waals surface area contributed by atoms with Gasteiger partial charge in [-0.3, -0.25) is 0 Å². The molecule has 1 amide bonds. The summed E-state index contributed by atoms with van der Waals surface area (Å²) in [6.45, 7) is 13.9. The van der Waals surface area contributed by atoms with Crippen molar-refractivity contribution in [1.82, 2.24) is 5.32 Å². The highest BCUT2D eigenvalue weighted by atomic mass is 32.2. The predicted octanol–water partition coefficient (Wildman–Crippen LogP) is 4.95. The molecular weight excluding hydrogens is 373 g/mol. The molecule has 28 heavy (non-hydrogen) atoms. The lowest BCUT2D eigenvalue weighted by Crippen LogP contribution is -2.41. The quantitative estimate of drug-likeness (QED) is 0.555. The number of amides is 1. The monoisotopic (exact) mass is 405 g/mol. The Balaban J connectivity index is 2.29. The van der Waals surface area contributed by atoms with Crippen LogP contribution in [-0.4, -0.2) is 42.8 Å². The zero-order chi connectivity index (χ0) is 21.2. The Morgan fingerprint density at radius 1 is 1.18 bits per heavy atom. The summed E-state index contributed by atoms with van der Waals surface area (Å²) in [5.74, 6) is 0. The van der Waals surface area contributed by atoms with Gasteiger partial charge in [-0.1, -0.05) is 24.3 Å². The standard InChI is InChI=1S/C21H32BNO4S/c1-19(2,3)25-18(24)23-14-16(13-15-11-9-10-12-17(15)28-8)22-26-20(4,5)21(6,7)27-22/h9-13H,14H2,1-8H3,(H,23,24). The van der Waals surface area contributed by atoms with E-state index in [1.807, 2.05) is 79.0 Å². The fraction of sp³-hybridized carbons (Fsp3) is 0.571. The van der Waals surface area contributed by atoms with Gasteiger partial charge in [-0.15, -0.1) is 11.8 Å². The van der Waals surface area contributed by atoms with E-state index in [-0.39, 0.29) is 6.54 Å². The summed E-state index contributed by atoms with van der Waals surface area (Å²) < 4.78 is 17.8. The third kappa shape index (κ3) is 5.78. The van der Waals surface area contributed by atoms with Crippen LogP contribution in [0.5, 0.6) is 0 Å². The third-order valence-electron chi connectivity index (χ3n) is 4.87. The van der Waals surface area contributed by atoms with Crippen LogP contribution in [0.25, 0.3) is 6.08 Å².